The van der Waals surface area contributed by atoms with Crippen LogP contribution in [0, 0.1) is 21.4 Å². The zero-order valence-electron chi connectivity index (χ0n) is 15.7. The zero-order chi connectivity index (χ0) is 21.4. The van der Waals surface area contributed by atoms with Crippen LogP contribution in [-0.2, 0) is 9.53 Å². The van der Waals surface area contributed by atoms with E-state index in [9.17, 15) is 19.7 Å². The number of anilines is 2. The molecule has 0 bridgehead atoms. The molecule has 0 radical (unpaired) electrons. The Kier molecular flexibility index (Phi) is 7.56. The van der Waals surface area contributed by atoms with Crippen molar-refractivity contribution in [1.82, 2.24) is 0 Å². The molecule has 2 aromatic carbocycles. The molecule has 9 nitrogen and oxygen atoms in total. The van der Waals surface area contributed by atoms with Gasteiger partial charge in [-0.2, -0.15) is 5.26 Å². The van der Waals surface area contributed by atoms with Gasteiger partial charge in [-0.25, -0.2) is 4.79 Å². The molecule has 0 heterocycles. The maximum atomic E-state index is 12.4. The number of hydrogen-bond acceptors (Lipinski definition) is 8. The molecule has 1 amide bonds. The molecule has 1 N–H and O–H groups in total. The van der Waals surface area contributed by atoms with Crippen LogP contribution >= 0.6 is 11.8 Å². The van der Waals surface area contributed by atoms with Gasteiger partial charge < -0.3 is 15.0 Å². The minimum atomic E-state index is -0.848. The topological polar surface area (TPSA) is 126 Å². The molecular formula is C19H18N4O5S. The smallest absolute Gasteiger partial charge is 0.341 e. The fraction of sp³-hybridized carbons (Fsp3) is 0.211. The highest BCUT2D eigenvalue weighted by molar-refractivity contribution is 7.99. The van der Waals surface area contributed by atoms with E-state index in [-0.39, 0.29) is 17.0 Å². The van der Waals surface area contributed by atoms with Crippen molar-refractivity contribution in [3.8, 4) is 6.07 Å². The number of nitro groups is 1. The van der Waals surface area contributed by atoms with Crippen molar-refractivity contribution in [3.05, 3.63) is 58.1 Å². The first-order chi connectivity index (χ1) is 13.8. The molecule has 0 aromatic heterocycles. The number of para-hydroxylation sites is 1. The molecule has 0 saturated carbocycles. The van der Waals surface area contributed by atoms with Crippen LogP contribution < -0.4 is 10.2 Å². The fourth-order valence-corrected chi connectivity index (χ4v) is 3.06. The van der Waals surface area contributed by atoms with Gasteiger partial charge >= 0.3 is 5.97 Å². The Balaban J connectivity index is 2.08. The molecule has 0 aliphatic rings. The highest BCUT2D eigenvalue weighted by Gasteiger charge is 2.20. The SMILES string of the molecule is CN(C)c1ccc([N+](=O)[O-])cc1C(=O)OCC(=O)Nc1ccccc1SCC#N. The summed E-state index contributed by atoms with van der Waals surface area (Å²) in [6.45, 7) is -0.564. The number of esters is 1. The molecule has 29 heavy (non-hydrogen) atoms. The molecule has 2 aromatic rings. The van der Waals surface area contributed by atoms with Gasteiger partial charge in [-0.1, -0.05) is 12.1 Å². The Morgan fingerprint density at radius 3 is 2.66 bits per heavy atom. The lowest BCUT2D eigenvalue weighted by Crippen LogP contribution is -2.22. The average molecular weight is 414 g/mol. The number of ether oxygens (including phenoxy) is 1. The molecule has 0 spiro atoms. The van der Waals surface area contributed by atoms with Gasteiger partial charge in [0, 0.05) is 31.1 Å². The standard InChI is InChI=1S/C19H18N4O5S/c1-22(2)16-8-7-13(23(26)27)11-14(16)19(25)28-12-18(24)21-15-5-3-4-6-17(15)29-10-9-20/h3-8,11H,10,12H2,1-2H3,(H,21,24). The van der Waals surface area contributed by atoms with Gasteiger partial charge in [0.15, 0.2) is 6.61 Å². The second kappa shape index (κ2) is 10.1. The van der Waals surface area contributed by atoms with Crippen molar-refractivity contribution >= 4 is 40.7 Å². The molecule has 0 unspecified atom stereocenters. The van der Waals surface area contributed by atoms with Crippen LogP contribution in [0.3, 0.4) is 0 Å². The quantitative estimate of drug-likeness (QED) is 0.302. The minimum absolute atomic E-state index is 0.0121. The summed E-state index contributed by atoms with van der Waals surface area (Å²) in [5.41, 5.74) is 0.662. The second-order valence-electron chi connectivity index (χ2n) is 5.92. The molecule has 2 rings (SSSR count). The van der Waals surface area contributed by atoms with E-state index >= 15 is 0 Å². The molecular weight excluding hydrogens is 396 g/mol. The van der Waals surface area contributed by atoms with E-state index < -0.39 is 23.4 Å². The normalized spacial score (nSPS) is 9.97. The zero-order valence-corrected chi connectivity index (χ0v) is 16.6. The third kappa shape index (κ3) is 5.95. The van der Waals surface area contributed by atoms with E-state index in [4.69, 9.17) is 10.00 Å². The van der Waals surface area contributed by atoms with Gasteiger partial charge in [-0.3, -0.25) is 14.9 Å². The van der Waals surface area contributed by atoms with Gasteiger partial charge in [0.1, 0.15) is 0 Å². The number of nitrogens with zero attached hydrogens (tertiary/aromatic N) is 3. The number of benzene rings is 2. The van der Waals surface area contributed by atoms with Crippen molar-refractivity contribution in [2.24, 2.45) is 0 Å². The molecule has 0 aliphatic heterocycles. The van der Waals surface area contributed by atoms with Crippen molar-refractivity contribution in [2.45, 2.75) is 4.90 Å². The van der Waals surface area contributed by atoms with Crippen molar-refractivity contribution in [3.63, 3.8) is 0 Å². The van der Waals surface area contributed by atoms with Crippen molar-refractivity contribution < 1.29 is 19.2 Å². The fourth-order valence-electron chi connectivity index (χ4n) is 2.39. The number of carbonyl (C=O) groups excluding carboxylic acids is 2. The second-order valence-corrected chi connectivity index (χ2v) is 6.94. The van der Waals surface area contributed by atoms with Gasteiger partial charge in [0.25, 0.3) is 11.6 Å². The highest BCUT2D eigenvalue weighted by Crippen LogP contribution is 2.27. The lowest BCUT2D eigenvalue weighted by molar-refractivity contribution is -0.384. The third-order valence-corrected chi connectivity index (χ3v) is 4.62. The number of nitrogens with one attached hydrogen (secondary N) is 1. The number of non-ortho nitro benzene ring substituents is 1. The number of carbonyl (C=O) groups is 2. The maximum Gasteiger partial charge on any atom is 0.341 e. The lowest BCUT2D eigenvalue weighted by atomic mass is 10.1. The first-order valence-corrected chi connectivity index (χ1v) is 9.33. The summed E-state index contributed by atoms with van der Waals surface area (Å²) in [5, 5.41) is 22.3. The monoisotopic (exact) mass is 414 g/mol. The molecule has 0 atom stereocenters. The van der Waals surface area contributed by atoms with Crippen LogP contribution in [0.1, 0.15) is 10.4 Å². The van der Waals surface area contributed by atoms with E-state index in [2.05, 4.69) is 5.32 Å². The van der Waals surface area contributed by atoms with Crippen molar-refractivity contribution in [1.29, 1.82) is 5.26 Å². The largest absolute Gasteiger partial charge is 0.452 e. The van der Waals surface area contributed by atoms with Gasteiger partial charge in [-0.05, 0) is 18.2 Å². The first-order valence-electron chi connectivity index (χ1n) is 8.35. The Hall–Kier alpha value is -3.58. The summed E-state index contributed by atoms with van der Waals surface area (Å²) in [4.78, 5) is 37.3. The Morgan fingerprint density at radius 2 is 2.00 bits per heavy atom. The Morgan fingerprint density at radius 1 is 1.28 bits per heavy atom. The van der Waals surface area contributed by atoms with E-state index in [0.717, 1.165) is 6.07 Å². The van der Waals surface area contributed by atoms with E-state index in [1.807, 2.05) is 6.07 Å². The predicted octanol–water partition coefficient (Wildman–Crippen LogP) is 3.07. The molecule has 0 aliphatic carbocycles. The third-order valence-electron chi connectivity index (χ3n) is 3.68. The number of rotatable bonds is 8. The summed E-state index contributed by atoms with van der Waals surface area (Å²) in [6, 6.07) is 12.8. The molecule has 150 valence electrons. The predicted molar refractivity (Wildman–Crippen MR) is 109 cm³/mol. The van der Waals surface area contributed by atoms with E-state index in [0.29, 0.717) is 16.3 Å². The van der Waals surface area contributed by atoms with Gasteiger partial charge in [-0.15, -0.1) is 11.8 Å². The highest BCUT2D eigenvalue weighted by atomic mass is 32.2. The summed E-state index contributed by atoms with van der Waals surface area (Å²) >= 11 is 1.27. The maximum absolute atomic E-state index is 12.4. The van der Waals surface area contributed by atoms with Crippen LogP contribution in [0.5, 0.6) is 0 Å². The van der Waals surface area contributed by atoms with Crippen LogP contribution in [-0.4, -0.2) is 43.3 Å². The average Bonchev–Trinajstić information content (AvgIpc) is 2.70. The lowest BCUT2D eigenvalue weighted by Gasteiger charge is -2.16. The van der Waals surface area contributed by atoms with Crippen LogP contribution in [0.4, 0.5) is 17.1 Å². The molecule has 0 saturated heterocycles. The molecule has 10 heteroatoms. The van der Waals surface area contributed by atoms with Crippen LogP contribution in [0.15, 0.2) is 47.4 Å². The van der Waals surface area contributed by atoms with Crippen LogP contribution in [0.25, 0.3) is 0 Å². The van der Waals surface area contributed by atoms with Crippen LogP contribution in [0.2, 0.25) is 0 Å². The summed E-state index contributed by atoms with van der Waals surface area (Å²) < 4.78 is 5.05. The van der Waals surface area contributed by atoms with Gasteiger partial charge in [0.05, 0.1) is 33.7 Å². The van der Waals surface area contributed by atoms with Gasteiger partial charge in [0.2, 0.25) is 0 Å². The number of nitro benzene ring substituents is 1. The first kappa shape index (κ1) is 21.7. The number of thioether (sulfide) groups is 1. The summed E-state index contributed by atoms with van der Waals surface area (Å²) in [7, 11) is 3.36. The van der Waals surface area contributed by atoms with Crippen molar-refractivity contribution in [2.75, 3.05) is 36.7 Å². The molecule has 0 fully saturated rings. The van der Waals surface area contributed by atoms with E-state index in [1.165, 1.54) is 23.9 Å². The minimum Gasteiger partial charge on any atom is -0.452 e. The number of nitriles is 1. The Bertz CT molecular complexity index is 971. The number of hydrogen-bond donors (Lipinski definition) is 1. The number of amides is 1. The van der Waals surface area contributed by atoms with E-state index in [1.54, 1.807) is 43.3 Å². The summed E-state index contributed by atoms with van der Waals surface area (Å²) in [6.07, 6.45) is 0. The summed E-state index contributed by atoms with van der Waals surface area (Å²) in [5.74, 6) is -1.19. The Labute approximate surface area is 171 Å².